The van der Waals surface area contributed by atoms with E-state index in [1.165, 1.54) is 11.1 Å². The van der Waals surface area contributed by atoms with E-state index in [0.717, 1.165) is 45.0 Å². The molecule has 5 nitrogen and oxygen atoms in total. The van der Waals surface area contributed by atoms with E-state index in [2.05, 4.69) is 94.7 Å². The number of rotatable bonds is 9. The first-order valence-electron chi connectivity index (χ1n) is 11.7. The molecule has 0 spiro atoms. The predicted octanol–water partition coefficient (Wildman–Crippen LogP) is 7.29. The average molecular weight is 469 g/mol. The lowest BCUT2D eigenvalue weighted by Crippen LogP contribution is -2.07. The van der Waals surface area contributed by atoms with Crippen molar-refractivity contribution in [2.45, 2.75) is 32.7 Å². The van der Waals surface area contributed by atoms with Gasteiger partial charge < -0.3 is 9.30 Å². The molecule has 0 radical (unpaired) electrons. The molecule has 1 unspecified atom stereocenters. The highest BCUT2D eigenvalue weighted by molar-refractivity contribution is 7.22. The van der Waals surface area contributed by atoms with Gasteiger partial charge >= 0.3 is 0 Å². The van der Waals surface area contributed by atoms with Gasteiger partial charge in [0.1, 0.15) is 12.4 Å². The standard InChI is InChI=1S/C28H28N4OS/c1-3-20(2)21-12-14-23(15-13-21)33-17-16-32-19-22(24-8-4-6-10-26(24)32)18-29-31-28-30-25-9-5-7-11-27(25)34-28/h4-15,18-20H,3,16-17H2,1-2H3,(H,30,31). The zero-order chi connectivity index (χ0) is 23.3. The number of thiazole rings is 1. The van der Waals surface area contributed by atoms with E-state index in [-0.39, 0.29) is 0 Å². The van der Waals surface area contributed by atoms with Crippen molar-refractivity contribution in [3.05, 3.63) is 90.1 Å². The topological polar surface area (TPSA) is 51.4 Å². The van der Waals surface area contributed by atoms with Crippen LogP contribution in [0.2, 0.25) is 0 Å². The first kappa shape index (κ1) is 22.2. The smallest absolute Gasteiger partial charge is 0.204 e. The minimum absolute atomic E-state index is 0.574. The van der Waals surface area contributed by atoms with E-state index in [1.807, 2.05) is 24.4 Å². The van der Waals surface area contributed by atoms with E-state index in [0.29, 0.717) is 12.5 Å². The van der Waals surface area contributed by atoms with Crippen molar-refractivity contribution >= 4 is 43.8 Å². The van der Waals surface area contributed by atoms with E-state index >= 15 is 0 Å². The molecule has 0 aliphatic rings. The van der Waals surface area contributed by atoms with Crippen LogP contribution in [-0.4, -0.2) is 22.4 Å². The number of hydrazone groups is 1. The van der Waals surface area contributed by atoms with Crippen LogP contribution >= 0.6 is 11.3 Å². The molecule has 0 bridgehead atoms. The molecule has 0 saturated heterocycles. The maximum absolute atomic E-state index is 6.03. The summed E-state index contributed by atoms with van der Waals surface area (Å²) in [5.41, 5.74) is 7.64. The monoisotopic (exact) mass is 468 g/mol. The maximum Gasteiger partial charge on any atom is 0.204 e. The van der Waals surface area contributed by atoms with Crippen molar-refractivity contribution in [3.63, 3.8) is 0 Å². The summed E-state index contributed by atoms with van der Waals surface area (Å²) in [6, 6.07) is 24.9. The summed E-state index contributed by atoms with van der Waals surface area (Å²) in [5.74, 6) is 1.48. The van der Waals surface area contributed by atoms with Gasteiger partial charge in [-0.3, -0.25) is 5.43 Å². The lowest BCUT2D eigenvalue weighted by molar-refractivity contribution is 0.300. The SMILES string of the molecule is CCC(C)c1ccc(OCCn2cc(C=NNc3nc4ccccc4s3)c3ccccc32)cc1. The molecule has 1 atom stereocenters. The van der Waals surface area contributed by atoms with Gasteiger partial charge in [-0.2, -0.15) is 5.10 Å². The Morgan fingerprint density at radius 2 is 1.85 bits per heavy atom. The summed E-state index contributed by atoms with van der Waals surface area (Å²) in [6.07, 6.45) is 5.13. The Balaban J connectivity index is 1.26. The van der Waals surface area contributed by atoms with Crippen LogP contribution in [0.1, 0.15) is 37.3 Å². The van der Waals surface area contributed by atoms with Gasteiger partial charge in [0.05, 0.1) is 23.0 Å². The van der Waals surface area contributed by atoms with Crippen molar-refractivity contribution in [1.82, 2.24) is 9.55 Å². The Bertz CT molecular complexity index is 1380. The summed E-state index contributed by atoms with van der Waals surface area (Å²) in [7, 11) is 0. The lowest BCUT2D eigenvalue weighted by Gasteiger charge is -2.11. The van der Waals surface area contributed by atoms with E-state index < -0.39 is 0 Å². The number of anilines is 1. The molecule has 0 saturated carbocycles. The number of para-hydroxylation sites is 2. The van der Waals surface area contributed by atoms with E-state index in [4.69, 9.17) is 4.74 Å². The Kier molecular flexibility index (Phi) is 6.58. The molecular formula is C28H28N4OS. The Hall–Kier alpha value is -3.64. The molecule has 0 aliphatic heterocycles. The third kappa shape index (κ3) is 4.82. The maximum atomic E-state index is 6.03. The van der Waals surface area contributed by atoms with Crippen molar-refractivity contribution in [2.24, 2.45) is 5.10 Å². The fourth-order valence-electron chi connectivity index (χ4n) is 4.03. The number of nitrogens with zero attached hydrogens (tertiary/aromatic N) is 3. The lowest BCUT2D eigenvalue weighted by atomic mass is 9.99. The number of nitrogens with one attached hydrogen (secondary N) is 1. The van der Waals surface area contributed by atoms with Crippen molar-refractivity contribution < 1.29 is 4.74 Å². The van der Waals surface area contributed by atoms with Crippen LogP contribution in [-0.2, 0) is 6.54 Å². The van der Waals surface area contributed by atoms with Gasteiger partial charge in [-0.25, -0.2) is 4.98 Å². The molecule has 1 N–H and O–H groups in total. The zero-order valence-electron chi connectivity index (χ0n) is 19.4. The first-order valence-corrected chi connectivity index (χ1v) is 12.5. The molecule has 172 valence electrons. The Morgan fingerprint density at radius 1 is 1.06 bits per heavy atom. The third-order valence-corrected chi connectivity index (χ3v) is 7.08. The van der Waals surface area contributed by atoms with Crippen molar-refractivity contribution in [1.29, 1.82) is 0 Å². The summed E-state index contributed by atoms with van der Waals surface area (Å²) < 4.78 is 9.40. The predicted molar refractivity (Wildman–Crippen MR) is 143 cm³/mol. The van der Waals surface area contributed by atoms with Gasteiger partial charge in [0.2, 0.25) is 5.13 Å². The second-order valence-electron chi connectivity index (χ2n) is 8.38. The van der Waals surface area contributed by atoms with Crippen molar-refractivity contribution in [3.8, 4) is 5.75 Å². The molecule has 0 aliphatic carbocycles. The number of benzene rings is 3. The van der Waals surface area contributed by atoms with Crippen LogP contribution in [0, 0.1) is 0 Å². The molecule has 5 aromatic rings. The Labute approximate surface area is 203 Å². The van der Waals surface area contributed by atoms with Gasteiger partial charge in [0, 0.05) is 22.7 Å². The minimum Gasteiger partial charge on any atom is -0.492 e. The summed E-state index contributed by atoms with van der Waals surface area (Å²) in [4.78, 5) is 4.57. The normalized spacial score (nSPS) is 12.5. The van der Waals surface area contributed by atoms with Crippen LogP contribution in [0.25, 0.3) is 21.1 Å². The summed E-state index contributed by atoms with van der Waals surface area (Å²) >= 11 is 1.60. The van der Waals surface area contributed by atoms with Gasteiger partial charge in [-0.05, 0) is 48.2 Å². The quantitative estimate of drug-likeness (QED) is 0.182. The van der Waals surface area contributed by atoms with Gasteiger partial charge in [-0.1, -0.05) is 67.6 Å². The number of ether oxygens (including phenoxy) is 1. The fraction of sp³-hybridized carbons (Fsp3) is 0.214. The molecule has 5 rings (SSSR count). The molecule has 0 amide bonds. The second kappa shape index (κ2) is 10.1. The number of hydrogen-bond acceptors (Lipinski definition) is 5. The van der Waals surface area contributed by atoms with Crippen LogP contribution in [0.4, 0.5) is 5.13 Å². The second-order valence-corrected chi connectivity index (χ2v) is 9.41. The fourth-order valence-corrected chi connectivity index (χ4v) is 4.85. The molecule has 2 aromatic heterocycles. The molecule has 6 heteroatoms. The highest BCUT2D eigenvalue weighted by Gasteiger charge is 2.08. The number of hydrogen-bond donors (Lipinski definition) is 1. The molecule has 2 heterocycles. The van der Waals surface area contributed by atoms with Crippen LogP contribution in [0.5, 0.6) is 5.75 Å². The highest BCUT2D eigenvalue weighted by Crippen LogP contribution is 2.26. The summed E-state index contributed by atoms with van der Waals surface area (Å²) in [6.45, 7) is 5.82. The molecular weight excluding hydrogens is 440 g/mol. The Morgan fingerprint density at radius 3 is 2.68 bits per heavy atom. The zero-order valence-corrected chi connectivity index (χ0v) is 20.3. The highest BCUT2D eigenvalue weighted by atomic mass is 32.1. The molecule has 0 fully saturated rings. The van der Waals surface area contributed by atoms with Gasteiger partial charge in [0.15, 0.2) is 0 Å². The van der Waals surface area contributed by atoms with Gasteiger partial charge in [0.25, 0.3) is 0 Å². The first-order chi connectivity index (χ1) is 16.7. The largest absolute Gasteiger partial charge is 0.492 e. The van der Waals surface area contributed by atoms with Crippen molar-refractivity contribution in [2.75, 3.05) is 12.0 Å². The number of aromatic nitrogens is 2. The summed E-state index contributed by atoms with van der Waals surface area (Å²) in [5, 5.41) is 6.40. The third-order valence-electron chi connectivity index (χ3n) is 6.14. The van der Waals surface area contributed by atoms with Crippen LogP contribution < -0.4 is 10.2 Å². The molecule has 34 heavy (non-hydrogen) atoms. The molecule has 3 aromatic carbocycles. The van der Waals surface area contributed by atoms with Gasteiger partial charge in [-0.15, -0.1) is 0 Å². The number of fused-ring (bicyclic) bond motifs is 2. The van der Waals surface area contributed by atoms with Crippen LogP contribution in [0.15, 0.2) is 84.1 Å². The average Bonchev–Trinajstić information content (AvgIpc) is 3.45. The minimum atomic E-state index is 0.574. The van der Waals surface area contributed by atoms with E-state index in [9.17, 15) is 0 Å². The van der Waals surface area contributed by atoms with Crippen LogP contribution in [0.3, 0.4) is 0 Å². The van der Waals surface area contributed by atoms with E-state index in [1.54, 1.807) is 11.3 Å².